The molecule has 0 aromatic heterocycles. The second-order valence-electron chi connectivity index (χ2n) is 3.74. The number of hydrogen-bond donors (Lipinski definition) is 2. The predicted octanol–water partition coefficient (Wildman–Crippen LogP) is 1.83. The molecule has 14 heavy (non-hydrogen) atoms. The molecule has 1 atom stereocenters. The number of para-hydroxylation sites is 1. The van der Waals surface area contributed by atoms with E-state index in [1.54, 1.807) is 12.1 Å². The summed E-state index contributed by atoms with van der Waals surface area (Å²) in [7, 11) is 0. The van der Waals surface area contributed by atoms with Crippen LogP contribution in [0.1, 0.15) is 18.4 Å². The maximum Gasteiger partial charge on any atom is 0.165 e. The Bertz CT molecular complexity index is 321. The number of halogens is 1. The molecule has 0 aliphatic carbocycles. The summed E-state index contributed by atoms with van der Waals surface area (Å²) in [5, 5.41) is 12.8. The Hall–Kier alpha value is -1.09. The highest BCUT2D eigenvalue weighted by Gasteiger charge is 2.16. The van der Waals surface area contributed by atoms with E-state index >= 15 is 0 Å². The van der Waals surface area contributed by atoms with Crippen LogP contribution in [0.2, 0.25) is 0 Å². The third-order valence-corrected chi connectivity index (χ3v) is 2.70. The minimum absolute atomic E-state index is 0.193. The Morgan fingerprint density at radius 3 is 3.07 bits per heavy atom. The van der Waals surface area contributed by atoms with Crippen LogP contribution in [0.4, 0.5) is 4.39 Å². The largest absolute Gasteiger partial charge is 0.505 e. The first kappa shape index (κ1) is 9.46. The van der Waals surface area contributed by atoms with Gasteiger partial charge in [0.25, 0.3) is 0 Å². The van der Waals surface area contributed by atoms with E-state index in [0.29, 0.717) is 18.0 Å². The first-order chi connectivity index (χ1) is 6.77. The highest BCUT2D eigenvalue weighted by molar-refractivity contribution is 5.34. The molecule has 0 radical (unpaired) electrons. The zero-order chi connectivity index (χ0) is 9.97. The Morgan fingerprint density at radius 1 is 1.50 bits per heavy atom. The summed E-state index contributed by atoms with van der Waals surface area (Å²) in [6, 6.07) is 5.08. The molecule has 0 saturated carbocycles. The number of rotatable bonds is 2. The van der Waals surface area contributed by atoms with Crippen LogP contribution < -0.4 is 5.32 Å². The third-order valence-electron chi connectivity index (χ3n) is 2.70. The van der Waals surface area contributed by atoms with Crippen molar-refractivity contribution in [3.8, 4) is 5.75 Å². The number of phenolic OH excluding ortho intramolecular Hbond substituents is 1. The lowest BCUT2D eigenvalue weighted by Gasteiger charge is -2.11. The smallest absolute Gasteiger partial charge is 0.165 e. The van der Waals surface area contributed by atoms with E-state index in [9.17, 15) is 9.50 Å². The van der Waals surface area contributed by atoms with Gasteiger partial charge in [-0.3, -0.25) is 0 Å². The monoisotopic (exact) mass is 195 g/mol. The first-order valence-corrected chi connectivity index (χ1v) is 4.97. The molecule has 2 N–H and O–H groups in total. The number of hydrogen-bond acceptors (Lipinski definition) is 2. The van der Waals surface area contributed by atoms with Gasteiger partial charge in [-0.05, 0) is 37.4 Å². The second kappa shape index (κ2) is 3.96. The molecule has 2 rings (SSSR count). The van der Waals surface area contributed by atoms with Gasteiger partial charge in [0.05, 0.1) is 0 Å². The predicted molar refractivity (Wildman–Crippen MR) is 52.8 cm³/mol. The second-order valence-corrected chi connectivity index (χ2v) is 3.74. The molecule has 1 aliphatic rings. The van der Waals surface area contributed by atoms with Crippen LogP contribution in [0.25, 0.3) is 0 Å². The molecule has 0 bridgehead atoms. The SMILES string of the molecule is Oc1c(F)cccc1CC1CCCN1. The van der Waals surface area contributed by atoms with Gasteiger partial charge in [-0.2, -0.15) is 0 Å². The van der Waals surface area contributed by atoms with Crippen LogP contribution >= 0.6 is 0 Å². The van der Waals surface area contributed by atoms with Crippen molar-refractivity contribution in [3.63, 3.8) is 0 Å². The lowest BCUT2D eigenvalue weighted by molar-refractivity contribution is 0.422. The van der Waals surface area contributed by atoms with Crippen molar-refractivity contribution in [3.05, 3.63) is 29.6 Å². The van der Waals surface area contributed by atoms with Gasteiger partial charge in [0, 0.05) is 6.04 Å². The van der Waals surface area contributed by atoms with Crippen LogP contribution in [0.15, 0.2) is 18.2 Å². The average molecular weight is 195 g/mol. The van der Waals surface area contributed by atoms with Gasteiger partial charge < -0.3 is 10.4 Å². The molecule has 1 aromatic rings. The summed E-state index contributed by atoms with van der Waals surface area (Å²) in [5.74, 6) is -0.721. The molecule has 1 saturated heterocycles. The summed E-state index contributed by atoms with van der Waals surface area (Å²) >= 11 is 0. The van der Waals surface area contributed by atoms with E-state index in [1.165, 1.54) is 12.5 Å². The third kappa shape index (κ3) is 1.87. The minimum Gasteiger partial charge on any atom is -0.505 e. The van der Waals surface area contributed by atoms with Crippen molar-refractivity contribution in [2.75, 3.05) is 6.54 Å². The fourth-order valence-corrected chi connectivity index (χ4v) is 1.92. The van der Waals surface area contributed by atoms with Gasteiger partial charge in [0.2, 0.25) is 0 Å². The molecule has 2 nitrogen and oxygen atoms in total. The van der Waals surface area contributed by atoms with Gasteiger partial charge in [-0.25, -0.2) is 4.39 Å². The van der Waals surface area contributed by atoms with Crippen molar-refractivity contribution in [2.45, 2.75) is 25.3 Å². The first-order valence-electron chi connectivity index (χ1n) is 4.97. The van der Waals surface area contributed by atoms with Crippen LogP contribution in [0.3, 0.4) is 0 Å². The van der Waals surface area contributed by atoms with Crippen molar-refractivity contribution in [2.24, 2.45) is 0 Å². The Kier molecular flexibility index (Phi) is 2.68. The van der Waals surface area contributed by atoms with Gasteiger partial charge in [-0.1, -0.05) is 12.1 Å². The molecular formula is C11H14FNO. The Labute approximate surface area is 82.8 Å². The van der Waals surface area contributed by atoms with Gasteiger partial charge in [0.15, 0.2) is 11.6 Å². The number of nitrogens with one attached hydrogen (secondary N) is 1. The number of phenols is 1. The molecule has 1 aliphatic heterocycles. The fraction of sp³-hybridized carbons (Fsp3) is 0.455. The number of aromatic hydroxyl groups is 1. The fourth-order valence-electron chi connectivity index (χ4n) is 1.92. The molecule has 1 unspecified atom stereocenters. The van der Waals surface area contributed by atoms with Crippen molar-refractivity contribution < 1.29 is 9.50 Å². The summed E-state index contributed by atoms with van der Waals surface area (Å²) < 4.78 is 13.0. The zero-order valence-corrected chi connectivity index (χ0v) is 7.96. The topological polar surface area (TPSA) is 32.3 Å². The van der Waals surface area contributed by atoms with Gasteiger partial charge >= 0.3 is 0 Å². The van der Waals surface area contributed by atoms with Gasteiger partial charge in [-0.15, -0.1) is 0 Å². The standard InChI is InChI=1S/C11H14FNO/c12-10-5-1-3-8(11(10)14)7-9-4-2-6-13-9/h1,3,5,9,13-14H,2,4,6-7H2. The highest BCUT2D eigenvalue weighted by atomic mass is 19.1. The molecular weight excluding hydrogens is 181 g/mol. The lowest BCUT2D eigenvalue weighted by atomic mass is 10.0. The van der Waals surface area contributed by atoms with E-state index < -0.39 is 5.82 Å². The van der Waals surface area contributed by atoms with Crippen LogP contribution in [0, 0.1) is 5.82 Å². The van der Waals surface area contributed by atoms with Crippen molar-refractivity contribution >= 4 is 0 Å². The molecule has 1 aromatic carbocycles. The average Bonchev–Trinajstić information content (AvgIpc) is 2.66. The Morgan fingerprint density at radius 2 is 2.36 bits per heavy atom. The quantitative estimate of drug-likeness (QED) is 0.754. The van der Waals surface area contributed by atoms with E-state index in [0.717, 1.165) is 13.0 Å². The van der Waals surface area contributed by atoms with Crippen LogP contribution in [-0.2, 0) is 6.42 Å². The minimum atomic E-state index is -0.527. The summed E-state index contributed by atoms with van der Waals surface area (Å²) in [6.07, 6.45) is 2.99. The molecule has 76 valence electrons. The molecule has 1 heterocycles. The van der Waals surface area contributed by atoms with E-state index in [1.807, 2.05) is 0 Å². The van der Waals surface area contributed by atoms with Crippen LogP contribution in [0.5, 0.6) is 5.75 Å². The maximum absolute atomic E-state index is 13.0. The van der Waals surface area contributed by atoms with E-state index in [2.05, 4.69) is 5.32 Å². The zero-order valence-electron chi connectivity index (χ0n) is 7.96. The normalized spacial score (nSPS) is 21.4. The molecule has 1 fully saturated rings. The lowest BCUT2D eigenvalue weighted by Crippen LogP contribution is -2.23. The summed E-state index contributed by atoms with van der Waals surface area (Å²) in [4.78, 5) is 0. The van der Waals surface area contributed by atoms with Gasteiger partial charge in [0.1, 0.15) is 0 Å². The van der Waals surface area contributed by atoms with Crippen molar-refractivity contribution in [1.82, 2.24) is 5.32 Å². The Balaban J connectivity index is 2.11. The summed E-state index contributed by atoms with van der Waals surface area (Å²) in [5.41, 5.74) is 0.699. The van der Waals surface area contributed by atoms with Crippen molar-refractivity contribution in [1.29, 1.82) is 0 Å². The molecule has 0 amide bonds. The van der Waals surface area contributed by atoms with E-state index in [-0.39, 0.29) is 5.75 Å². The summed E-state index contributed by atoms with van der Waals surface area (Å²) in [6.45, 7) is 1.03. The number of benzene rings is 1. The van der Waals surface area contributed by atoms with E-state index in [4.69, 9.17) is 0 Å². The molecule has 3 heteroatoms. The maximum atomic E-state index is 13.0. The highest BCUT2D eigenvalue weighted by Crippen LogP contribution is 2.23. The van der Waals surface area contributed by atoms with Crippen LogP contribution in [-0.4, -0.2) is 17.7 Å². The molecule has 0 spiro atoms.